The summed E-state index contributed by atoms with van der Waals surface area (Å²) >= 11 is 0. The Balaban J connectivity index is 1.81. The highest BCUT2D eigenvalue weighted by atomic mass is 19.1. The molecule has 148 valence electrons. The van der Waals surface area contributed by atoms with Gasteiger partial charge in [0.2, 0.25) is 0 Å². The van der Waals surface area contributed by atoms with Gasteiger partial charge in [0.05, 0.1) is 19.9 Å². The second-order valence-corrected chi connectivity index (χ2v) is 5.47. The van der Waals surface area contributed by atoms with E-state index in [-0.39, 0.29) is 11.3 Å². The van der Waals surface area contributed by atoms with Crippen LogP contribution in [-0.2, 0) is 14.3 Å². The van der Waals surface area contributed by atoms with Gasteiger partial charge in [0.15, 0.2) is 6.61 Å². The molecule has 2 rings (SSSR count). The SMILES string of the molecule is COc1cc(OC)cc(C(=O)NCC(=O)OCC(=O)Nc2ccccc2F)c1. The summed E-state index contributed by atoms with van der Waals surface area (Å²) in [5.41, 5.74) is 0.199. The van der Waals surface area contributed by atoms with E-state index in [0.717, 1.165) is 0 Å². The third-order valence-electron chi connectivity index (χ3n) is 3.52. The van der Waals surface area contributed by atoms with Crippen LogP contribution in [0.25, 0.3) is 0 Å². The summed E-state index contributed by atoms with van der Waals surface area (Å²) in [5, 5.41) is 4.64. The molecule has 2 amide bonds. The normalized spacial score (nSPS) is 9.96. The average Bonchev–Trinajstić information content (AvgIpc) is 2.71. The molecule has 0 aliphatic carbocycles. The molecule has 0 heterocycles. The Morgan fingerprint density at radius 3 is 2.25 bits per heavy atom. The number of para-hydroxylation sites is 1. The molecule has 0 bridgehead atoms. The molecule has 0 fully saturated rings. The van der Waals surface area contributed by atoms with Gasteiger partial charge in [-0.2, -0.15) is 0 Å². The second kappa shape index (κ2) is 9.91. The summed E-state index contributed by atoms with van der Waals surface area (Å²) in [6.45, 7) is -1.07. The molecule has 8 nitrogen and oxygen atoms in total. The van der Waals surface area contributed by atoms with Gasteiger partial charge in [-0.1, -0.05) is 12.1 Å². The predicted octanol–water partition coefficient (Wildman–Crippen LogP) is 1.75. The molecule has 2 aromatic carbocycles. The van der Waals surface area contributed by atoms with Gasteiger partial charge in [0.1, 0.15) is 23.9 Å². The van der Waals surface area contributed by atoms with Gasteiger partial charge in [-0.25, -0.2) is 4.39 Å². The van der Waals surface area contributed by atoms with Crippen LogP contribution in [0.5, 0.6) is 11.5 Å². The quantitative estimate of drug-likeness (QED) is 0.666. The van der Waals surface area contributed by atoms with Gasteiger partial charge >= 0.3 is 5.97 Å². The zero-order valence-electron chi connectivity index (χ0n) is 15.3. The van der Waals surface area contributed by atoms with Crippen molar-refractivity contribution in [3.8, 4) is 11.5 Å². The number of esters is 1. The third-order valence-corrected chi connectivity index (χ3v) is 3.52. The predicted molar refractivity (Wildman–Crippen MR) is 97.9 cm³/mol. The van der Waals surface area contributed by atoms with Crippen molar-refractivity contribution in [2.45, 2.75) is 0 Å². The summed E-state index contributed by atoms with van der Waals surface area (Å²) in [6.07, 6.45) is 0. The zero-order valence-corrected chi connectivity index (χ0v) is 15.3. The third kappa shape index (κ3) is 5.97. The highest BCUT2D eigenvalue weighted by molar-refractivity contribution is 5.97. The van der Waals surface area contributed by atoms with E-state index in [0.29, 0.717) is 11.5 Å². The first-order valence-electron chi connectivity index (χ1n) is 8.14. The summed E-state index contributed by atoms with van der Waals surface area (Å²) in [6, 6.07) is 10.1. The van der Waals surface area contributed by atoms with E-state index >= 15 is 0 Å². The van der Waals surface area contributed by atoms with Crippen molar-refractivity contribution in [2.75, 3.05) is 32.7 Å². The van der Waals surface area contributed by atoms with Crippen molar-refractivity contribution in [1.29, 1.82) is 0 Å². The number of hydrogen-bond acceptors (Lipinski definition) is 6. The van der Waals surface area contributed by atoms with Crippen LogP contribution >= 0.6 is 0 Å². The van der Waals surface area contributed by atoms with E-state index in [1.54, 1.807) is 12.1 Å². The van der Waals surface area contributed by atoms with Gasteiger partial charge in [0.25, 0.3) is 11.8 Å². The van der Waals surface area contributed by atoms with Crippen LogP contribution in [-0.4, -0.2) is 45.2 Å². The van der Waals surface area contributed by atoms with Crippen molar-refractivity contribution >= 4 is 23.5 Å². The standard InChI is InChI=1S/C19H19FN2O6/c1-26-13-7-12(8-14(9-13)27-2)19(25)21-10-18(24)28-11-17(23)22-16-6-4-3-5-15(16)20/h3-9H,10-11H2,1-2H3,(H,21,25)(H,22,23). The van der Waals surface area contributed by atoms with Crippen molar-refractivity contribution in [3.05, 3.63) is 53.8 Å². The minimum atomic E-state index is -0.827. The first-order chi connectivity index (χ1) is 13.4. The first-order valence-corrected chi connectivity index (χ1v) is 8.14. The van der Waals surface area contributed by atoms with Crippen molar-refractivity contribution in [1.82, 2.24) is 5.32 Å². The Morgan fingerprint density at radius 2 is 1.64 bits per heavy atom. The maximum Gasteiger partial charge on any atom is 0.325 e. The van der Waals surface area contributed by atoms with Crippen LogP contribution < -0.4 is 20.1 Å². The van der Waals surface area contributed by atoms with Crippen LogP contribution in [0.2, 0.25) is 0 Å². The van der Waals surface area contributed by atoms with E-state index in [1.165, 1.54) is 44.6 Å². The molecule has 2 N–H and O–H groups in total. The van der Waals surface area contributed by atoms with Gasteiger partial charge in [-0.15, -0.1) is 0 Å². The molecule has 2 aromatic rings. The lowest BCUT2D eigenvalue weighted by Gasteiger charge is -2.10. The molecular weight excluding hydrogens is 371 g/mol. The van der Waals surface area contributed by atoms with Crippen molar-refractivity contribution in [3.63, 3.8) is 0 Å². The van der Waals surface area contributed by atoms with Crippen LogP contribution in [0, 0.1) is 5.82 Å². The molecule has 0 spiro atoms. The Bertz CT molecular complexity index is 849. The van der Waals surface area contributed by atoms with E-state index in [1.807, 2.05) is 0 Å². The van der Waals surface area contributed by atoms with Gasteiger partial charge < -0.3 is 24.8 Å². The second-order valence-electron chi connectivity index (χ2n) is 5.47. The minimum Gasteiger partial charge on any atom is -0.497 e. The fourth-order valence-corrected chi connectivity index (χ4v) is 2.14. The molecule has 28 heavy (non-hydrogen) atoms. The average molecular weight is 390 g/mol. The smallest absolute Gasteiger partial charge is 0.325 e. The number of ether oxygens (including phenoxy) is 3. The summed E-state index contributed by atoms with van der Waals surface area (Å²) < 4.78 is 28.3. The highest BCUT2D eigenvalue weighted by Gasteiger charge is 2.13. The number of halogens is 1. The van der Waals surface area contributed by atoms with E-state index in [9.17, 15) is 18.8 Å². The Kier molecular flexibility index (Phi) is 7.32. The van der Waals surface area contributed by atoms with Crippen LogP contribution in [0.4, 0.5) is 10.1 Å². The Labute approximate surface area is 160 Å². The van der Waals surface area contributed by atoms with E-state index in [2.05, 4.69) is 10.6 Å². The maximum atomic E-state index is 13.4. The number of rotatable bonds is 8. The Morgan fingerprint density at radius 1 is 1.00 bits per heavy atom. The molecule has 0 aliphatic heterocycles. The van der Waals surface area contributed by atoms with Crippen LogP contribution in [0.1, 0.15) is 10.4 Å². The molecule has 0 radical (unpaired) electrons. The number of anilines is 1. The molecule has 9 heteroatoms. The van der Waals surface area contributed by atoms with Gasteiger partial charge in [-0.3, -0.25) is 14.4 Å². The number of benzene rings is 2. The lowest BCUT2D eigenvalue weighted by atomic mass is 10.2. The fraction of sp³-hybridized carbons (Fsp3) is 0.211. The minimum absolute atomic E-state index is 0.0242. The molecule has 0 saturated heterocycles. The molecule has 0 aliphatic rings. The van der Waals surface area contributed by atoms with Crippen molar-refractivity contribution in [2.24, 2.45) is 0 Å². The number of amides is 2. The molecular formula is C19H19FN2O6. The van der Waals surface area contributed by atoms with Crippen LogP contribution in [0.15, 0.2) is 42.5 Å². The first kappa shape index (κ1) is 20.7. The molecule has 0 aromatic heterocycles. The topological polar surface area (TPSA) is 103 Å². The molecule has 0 saturated carbocycles. The van der Waals surface area contributed by atoms with Gasteiger partial charge in [0, 0.05) is 11.6 Å². The maximum absolute atomic E-state index is 13.4. The summed E-state index contributed by atoms with van der Waals surface area (Å²) in [7, 11) is 2.89. The van der Waals surface area contributed by atoms with Crippen molar-refractivity contribution < 1.29 is 33.0 Å². The largest absolute Gasteiger partial charge is 0.497 e. The lowest BCUT2D eigenvalue weighted by Crippen LogP contribution is -2.32. The highest BCUT2D eigenvalue weighted by Crippen LogP contribution is 2.22. The van der Waals surface area contributed by atoms with Crippen LogP contribution in [0.3, 0.4) is 0 Å². The monoisotopic (exact) mass is 390 g/mol. The number of hydrogen-bond donors (Lipinski definition) is 2. The zero-order chi connectivity index (χ0) is 20.5. The number of nitrogens with one attached hydrogen (secondary N) is 2. The van der Waals surface area contributed by atoms with E-state index < -0.39 is 36.8 Å². The fourth-order valence-electron chi connectivity index (χ4n) is 2.14. The number of methoxy groups -OCH3 is 2. The summed E-state index contributed by atoms with van der Waals surface area (Å²) in [4.78, 5) is 35.6. The number of carbonyl (C=O) groups excluding carboxylic acids is 3. The lowest BCUT2D eigenvalue weighted by molar-refractivity contribution is -0.146. The summed E-state index contributed by atoms with van der Waals surface area (Å²) in [5.74, 6) is -1.86. The molecule has 0 atom stereocenters. The van der Waals surface area contributed by atoms with E-state index in [4.69, 9.17) is 14.2 Å². The van der Waals surface area contributed by atoms with Gasteiger partial charge in [-0.05, 0) is 24.3 Å². The Hall–Kier alpha value is -3.62. The molecule has 0 unspecified atom stereocenters. The number of carbonyl (C=O) groups is 3.